The number of nitrogens with one attached hydrogen (secondary N) is 1. The normalized spacial score (nSPS) is 22.1. The van der Waals surface area contributed by atoms with E-state index in [2.05, 4.69) is 5.32 Å². The molecule has 2 aromatic carbocycles. The number of benzene rings is 2. The first-order chi connectivity index (χ1) is 18.4. The molecule has 2 atom stereocenters. The molecular weight excluding hydrogens is 478 g/mol. The molecule has 6 nitrogen and oxygen atoms in total. The molecule has 1 saturated carbocycles. The summed E-state index contributed by atoms with van der Waals surface area (Å²) in [5.41, 5.74) is 5.96. The fourth-order valence-electron chi connectivity index (χ4n) is 6.27. The molecule has 2 aliphatic carbocycles. The Morgan fingerprint density at radius 1 is 0.921 bits per heavy atom. The highest BCUT2D eigenvalue weighted by Crippen LogP contribution is 2.47. The lowest BCUT2D eigenvalue weighted by atomic mass is 9.71. The number of ether oxygens (including phenoxy) is 3. The molecule has 0 saturated heterocycles. The molecule has 38 heavy (non-hydrogen) atoms. The van der Waals surface area contributed by atoms with Crippen LogP contribution in [0.15, 0.2) is 65.0 Å². The fraction of sp³-hybridized carbons (Fsp3) is 0.438. The van der Waals surface area contributed by atoms with E-state index in [1.165, 1.54) is 6.42 Å². The molecule has 5 rings (SSSR count). The molecule has 1 heterocycles. The highest BCUT2D eigenvalue weighted by atomic mass is 16.5. The molecule has 0 aromatic heterocycles. The van der Waals surface area contributed by atoms with Crippen LogP contribution in [0.3, 0.4) is 0 Å². The van der Waals surface area contributed by atoms with Crippen molar-refractivity contribution in [1.29, 1.82) is 0 Å². The minimum atomic E-state index is -0.442. The van der Waals surface area contributed by atoms with Crippen molar-refractivity contribution in [1.82, 2.24) is 5.32 Å². The highest BCUT2D eigenvalue weighted by molar-refractivity contribution is 6.04. The van der Waals surface area contributed by atoms with Gasteiger partial charge in [0.1, 0.15) is 6.10 Å². The average Bonchev–Trinajstić information content (AvgIpc) is 2.92. The maximum Gasteiger partial charge on any atom is 0.337 e. The van der Waals surface area contributed by atoms with E-state index in [1.807, 2.05) is 56.3 Å². The van der Waals surface area contributed by atoms with E-state index < -0.39 is 5.92 Å². The molecule has 3 aliphatic rings. The Hall–Kier alpha value is -3.54. The van der Waals surface area contributed by atoms with Crippen molar-refractivity contribution >= 4 is 11.8 Å². The van der Waals surface area contributed by atoms with Gasteiger partial charge in [-0.25, -0.2) is 4.79 Å². The van der Waals surface area contributed by atoms with Crippen LogP contribution in [0.4, 0.5) is 0 Å². The number of methoxy groups -OCH3 is 2. The van der Waals surface area contributed by atoms with Crippen LogP contribution >= 0.6 is 0 Å². The zero-order valence-corrected chi connectivity index (χ0v) is 22.8. The zero-order chi connectivity index (χ0) is 26.8. The molecule has 1 fully saturated rings. The molecule has 200 valence electrons. The molecule has 0 radical (unpaired) electrons. The van der Waals surface area contributed by atoms with E-state index >= 15 is 0 Å². The number of dihydropyridines is 1. The minimum absolute atomic E-state index is 0.00498. The van der Waals surface area contributed by atoms with Crippen molar-refractivity contribution in [2.45, 2.75) is 76.7 Å². The minimum Gasteiger partial charge on any atom is -0.493 e. The van der Waals surface area contributed by atoms with Gasteiger partial charge in [-0.1, -0.05) is 36.8 Å². The summed E-state index contributed by atoms with van der Waals surface area (Å²) in [5.74, 6) is 0.611. The first kappa shape index (κ1) is 26.1. The van der Waals surface area contributed by atoms with Gasteiger partial charge in [0.05, 0.1) is 19.8 Å². The van der Waals surface area contributed by atoms with E-state index in [9.17, 15) is 9.59 Å². The number of esters is 1. The average molecular weight is 516 g/mol. The third-order valence-electron chi connectivity index (χ3n) is 8.25. The van der Waals surface area contributed by atoms with Crippen LogP contribution in [0.2, 0.25) is 0 Å². The molecule has 0 bridgehead atoms. The molecule has 2 aromatic rings. The number of rotatable bonds is 6. The quantitative estimate of drug-likeness (QED) is 0.459. The fourth-order valence-corrected chi connectivity index (χ4v) is 6.27. The second kappa shape index (κ2) is 11.1. The number of hydrogen-bond acceptors (Lipinski definition) is 6. The topological polar surface area (TPSA) is 73.9 Å². The Balaban J connectivity index is 1.52. The van der Waals surface area contributed by atoms with Crippen LogP contribution in [-0.4, -0.2) is 32.1 Å². The predicted octanol–water partition coefficient (Wildman–Crippen LogP) is 6.25. The smallest absolute Gasteiger partial charge is 0.337 e. The van der Waals surface area contributed by atoms with E-state index in [0.29, 0.717) is 35.5 Å². The second-order valence-electron chi connectivity index (χ2n) is 10.7. The van der Waals surface area contributed by atoms with Crippen LogP contribution < -0.4 is 14.8 Å². The molecule has 1 N–H and O–H groups in total. The van der Waals surface area contributed by atoms with Gasteiger partial charge in [-0.15, -0.1) is 0 Å². The first-order valence-corrected chi connectivity index (χ1v) is 13.6. The number of allylic oxidation sites excluding steroid dienone is 3. The lowest BCUT2D eigenvalue weighted by Crippen LogP contribution is -2.37. The van der Waals surface area contributed by atoms with Crippen LogP contribution in [0.5, 0.6) is 11.5 Å². The number of carbonyl (C=O) groups is 2. The molecular formula is C32H37NO5. The number of carbonyl (C=O) groups excluding carboxylic acids is 2. The van der Waals surface area contributed by atoms with Crippen molar-refractivity contribution in [2.75, 3.05) is 14.2 Å². The Morgan fingerprint density at radius 2 is 1.66 bits per heavy atom. The lowest BCUT2D eigenvalue weighted by molar-refractivity contribution is -0.146. The number of ketones is 1. The monoisotopic (exact) mass is 515 g/mol. The summed E-state index contributed by atoms with van der Waals surface area (Å²) in [5, 5.41) is 3.47. The number of aryl methyl sites for hydroxylation is 1. The number of hydrogen-bond donors (Lipinski definition) is 1. The summed E-state index contributed by atoms with van der Waals surface area (Å²) in [7, 11) is 3.23. The van der Waals surface area contributed by atoms with Gasteiger partial charge in [0.2, 0.25) is 0 Å². The largest absolute Gasteiger partial charge is 0.493 e. The molecule has 1 aliphatic heterocycles. The van der Waals surface area contributed by atoms with Crippen LogP contribution in [0.25, 0.3) is 0 Å². The van der Waals surface area contributed by atoms with Crippen LogP contribution in [-0.2, 0) is 14.3 Å². The number of Topliss-reactive ketones (excluding diaryl/α,β-unsaturated/α-hetero) is 1. The van der Waals surface area contributed by atoms with Crippen molar-refractivity contribution < 1.29 is 23.8 Å². The summed E-state index contributed by atoms with van der Waals surface area (Å²) < 4.78 is 17.0. The SMILES string of the molecule is COc1ccc([C@@H]2CC(=O)C3=C(C2)NC(C)=C(C(=O)OC2CCCCC2)[C@H]3c2ccccc2C)cc1OC. The van der Waals surface area contributed by atoms with Gasteiger partial charge in [0.15, 0.2) is 17.3 Å². The maximum absolute atomic E-state index is 13.9. The first-order valence-electron chi connectivity index (χ1n) is 13.6. The van der Waals surface area contributed by atoms with Crippen molar-refractivity contribution in [3.05, 3.63) is 81.7 Å². The van der Waals surface area contributed by atoms with E-state index in [-0.39, 0.29) is 23.8 Å². The standard InChI is InChI=1S/C32H37NO5/c1-19-10-8-9-13-24(19)30-29(32(35)38-23-11-6-5-7-12-23)20(2)33-25-16-22(17-26(34)31(25)30)21-14-15-27(36-3)28(18-21)37-4/h8-10,13-15,18,22-23,30,33H,5-7,11-12,16-17H2,1-4H3/t22-,30+/m0/s1. The summed E-state index contributed by atoms with van der Waals surface area (Å²) in [6, 6.07) is 13.9. The van der Waals surface area contributed by atoms with E-state index in [0.717, 1.165) is 53.8 Å². The molecule has 0 unspecified atom stereocenters. The Morgan fingerprint density at radius 3 is 2.37 bits per heavy atom. The maximum atomic E-state index is 13.9. The summed E-state index contributed by atoms with van der Waals surface area (Å²) >= 11 is 0. The van der Waals surface area contributed by atoms with Gasteiger partial charge >= 0.3 is 5.97 Å². The summed E-state index contributed by atoms with van der Waals surface area (Å²) in [6.07, 6.45) is 6.14. The van der Waals surface area contributed by atoms with Gasteiger partial charge in [-0.05, 0) is 80.7 Å². The zero-order valence-electron chi connectivity index (χ0n) is 22.8. The van der Waals surface area contributed by atoms with E-state index in [4.69, 9.17) is 14.2 Å². The van der Waals surface area contributed by atoms with Gasteiger partial charge in [0.25, 0.3) is 0 Å². The van der Waals surface area contributed by atoms with Crippen molar-refractivity contribution in [2.24, 2.45) is 0 Å². The Bertz CT molecular complexity index is 1300. The molecule has 0 amide bonds. The predicted molar refractivity (Wildman–Crippen MR) is 146 cm³/mol. The summed E-state index contributed by atoms with van der Waals surface area (Å²) in [4.78, 5) is 27.6. The second-order valence-corrected chi connectivity index (χ2v) is 10.7. The van der Waals surface area contributed by atoms with Gasteiger partial charge < -0.3 is 19.5 Å². The summed E-state index contributed by atoms with van der Waals surface area (Å²) in [6.45, 7) is 3.97. The molecule has 6 heteroatoms. The van der Waals surface area contributed by atoms with Gasteiger partial charge in [-0.3, -0.25) is 4.79 Å². The van der Waals surface area contributed by atoms with Crippen molar-refractivity contribution in [3.8, 4) is 11.5 Å². The highest BCUT2D eigenvalue weighted by Gasteiger charge is 2.42. The van der Waals surface area contributed by atoms with Gasteiger partial charge in [-0.2, -0.15) is 0 Å². The van der Waals surface area contributed by atoms with Crippen LogP contribution in [0, 0.1) is 6.92 Å². The molecule has 0 spiro atoms. The third-order valence-corrected chi connectivity index (χ3v) is 8.25. The Labute approximate surface area is 225 Å². The third kappa shape index (κ3) is 4.96. The van der Waals surface area contributed by atoms with Crippen LogP contribution in [0.1, 0.15) is 80.4 Å². The lowest BCUT2D eigenvalue weighted by Gasteiger charge is -2.37. The Kier molecular flexibility index (Phi) is 7.59. The van der Waals surface area contributed by atoms with E-state index in [1.54, 1.807) is 14.2 Å². The van der Waals surface area contributed by atoms with Crippen molar-refractivity contribution in [3.63, 3.8) is 0 Å². The van der Waals surface area contributed by atoms with Gasteiger partial charge in [0, 0.05) is 29.3 Å².